The molecule has 1 aromatic heterocycles. The predicted molar refractivity (Wildman–Crippen MR) is 77.6 cm³/mol. The highest BCUT2D eigenvalue weighted by Crippen LogP contribution is 2.19. The fraction of sp³-hybridized carbons (Fsp3) is 0.200. The topological polar surface area (TPSA) is 55.4 Å². The van der Waals surface area contributed by atoms with E-state index in [1.165, 1.54) is 18.3 Å². The molecule has 0 saturated carbocycles. The van der Waals surface area contributed by atoms with Gasteiger partial charge in [0.1, 0.15) is 6.10 Å². The summed E-state index contributed by atoms with van der Waals surface area (Å²) in [5.41, 5.74) is 1.38. The Morgan fingerprint density at radius 1 is 1.25 bits per heavy atom. The van der Waals surface area contributed by atoms with Crippen molar-refractivity contribution in [3.05, 3.63) is 58.3 Å². The molecule has 1 N–H and O–H groups in total. The lowest BCUT2D eigenvalue weighted by atomic mass is 10.1. The van der Waals surface area contributed by atoms with Crippen LogP contribution in [0.1, 0.15) is 28.9 Å². The fourth-order valence-corrected chi connectivity index (χ4v) is 2.33. The predicted octanol–water partition coefficient (Wildman–Crippen LogP) is 2.78. The molecule has 4 nitrogen and oxygen atoms in total. The molecule has 0 saturated heterocycles. The minimum absolute atomic E-state index is 0.155. The van der Waals surface area contributed by atoms with Gasteiger partial charge in [-0.1, -0.05) is 30.3 Å². The van der Waals surface area contributed by atoms with Crippen molar-refractivity contribution in [1.29, 1.82) is 0 Å². The van der Waals surface area contributed by atoms with Crippen molar-refractivity contribution in [1.82, 2.24) is 5.32 Å². The number of benzene rings is 1. The Hall–Kier alpha value is -2.14. The zero-order valence-corrected chi connectivity index (χ0v) is 11.9. The average molecular weight is 289 g/mol. The van der Waals surface area contributed by atoms with Gasteiger partial charge in [0.05, 0.1) is 12.1 Å². The number of carbonyl (C=O) groups is 2. The SMILES string of the molecule is CC(=O)NC[C@H](OC(=O)c1ccsc1)c1ccccc1. The monoisotopic (exact) mass is 289 g/mol. The normalized spacial score (nSPS) is 11.7. The summed E-state index contributed by atoms with van der Waals surface area (Å²) in [4.78, 5) is 23.0. The second-order valence-electron chi connectivity index (χ2n) is 4.25. The molecule has 2 aromatic rings. The van der Waals surface area contributed by atoms with Crippen molar-refractivity contribution in [2.24, 2.45) is 0 Å². The summed E-state index contributed by atoms with van der Waals surface area (Å²) in [5.74, 6) is -0.539. The molecule has 0 aliphatic heterocycles. The number of carbonyl (C=O) groups excluding carboxylic acids is 2. The highest BCUT2D eigenvalue weighted by molar-refractivity contribution is 7.08. The van der Waals surface area contributed by atoms with E-state index >= 15 is 0 Å². The van der Waals surface area contributed by atoms with E-state index in [4.69, 9.17) is 4.74 Å². The van der Waals surface area contributed by atoms with Crippen molar-refractivity contribution in [3.63, 3.8) is 0 Å². The summed E-state index contributed by atoms with van der Waals surface area (Å²) in [6, 6.07) is 11.1. The van der Waals surface area contributed by atoms with Gasteiger partial charge >= 0.3 is 5.97 Å². The van der Waals surface area contributed by atoms with Crippen molar-refractivity contribution >= 4 is 23.2 Å². The Morgan fingerprint density at radius 2 is 2.00 bits per heavy atom. The van der Waals surface area contributed by atoms with E-state index in [9.17, 15) is 9.59 Å². The second kappa shape index (κ2) is 6.86. The molecule has 1 amide bonds. The van der Waals surface area contributed by atoms with Crippen LogP contribution < -0.4 is 5.32 Å². The maximum absolute atomic E-state index is 12.0. The molecule has 1 aromatic carbocycles. The van der Waals surface area contributed by atoms with Crippen LogP contribution in [0.2, 0.25) is 0 Å². The van der Waals surface area contributed by atoms with Gasteiger partial charge < -0.3 is 10.1 Å². The van der Waals surface area contributed by atoms with Crippen LogP contribution >= 0.6 is 11.3 Å². The van der Waals surface area contributed by atoms with Crippen molar-refractivity contribution in [2.75, 3.05) is 6.54 Å². The molecule has 0 unspecified atom stereocenters. The summed E-state index contributed by atoms with van der Waals surface area (Å²) in [7, 11) is 0. The van der Waals surface area contributed by atoms with Gasteiger partial charge in [-0.15, -0.1) is 0 Å². The Morgan fingerprint density at radius 3 is 2.60 bits per heavy atom. The van der Waals surface area contributed by atoms with Crippen LogP contribution in [-0.4, -0.2) is 18.4 Å². The Labute approximate surface area is 121 Å². The van der Waals surface area contributed by atoms with Gasteiger partial charge in [0.15, 0.2) is 0 Å². The Bertz CT molecular complexity index is 566. The van der Waals surface area contributed by atoms with Gasteiger partial charge in [-0.05, 0) is 17.0 Å². The van der Waals surface area contributed by atoms with Crippen LogP contribution in [0.4, 0.5) is 0 Å². The molecule has 0 fully saturated rings. The van der Waals surface area contributed by atoms with E-state index in [1.54, 1.807) is 11.4 Å². The largest absolute Gasteiger partial charge is 0.452 e. The molecule has 1 heterocycles. The first-order chi connectivity index (χ1) is 9.66. The molecule has 0 spiro atoms. The number of rotatable bonds is 5. The molecule has 0 radical (unpaired) electrons. The average Bonchev–Trinajstić information content (AvgIpc) is 2.98. The highest BCUT2D eigenvalue weighted by Gasteiger charge is 2.18. The molecule has 2 rings (SSSR count). The van der Waals surface area contributed by atoms with Gasteiger partial charge in [0.2, 0.25) is 5.91 Å². The number of ether oxygens (including phenoxy) is 1. The maximum Gasteiger partial charge on any atom is 0.339 e. The zero-order chi connectivity index (χ0) is 14.4. The van der Waals surface area contributed by atoms with E-state index in [-0.39, 0.29) is 18.4 Å². The first kappa shape index (κ1) is 14.3. The third-order valence-electron chi connectivity index (χ3n) is 2.71. The summed E-state index contributed by atoms with van der Waals surface area (Å²) in [6.45, 7) is 1.69. The first-order valence-electron chi connectivity index (χ1n) is 6.19. The number of nitrogens with one attached hydrogen (secondary N) is 1. The second-order valence-corrected chi connectivity index (χ2v) is 5.03. The third kappa shape index (κ3) is 3.93. The molecule has 0 bridgehead atoms. The Kier molecular flexibility index (Phi) is 4.90. The van der Waals surface area contributed by atoms with Crippen LogP contribution in [0.25, 0.3) is 0 Å². The summed E-state index contributed by atoms with van der Waals surface area (Å²) >= 11 is 1.44. The lowest BCUT2D eigenvalue weighted by Gasteiger charge is -2.18. The Balaban J connectivity index is 2.10. The van der Waals surface area contributed by atoms with E-state index in [0.717, 1.165) is 5.56 Å². The van der Waals surface area contributed by atoms with Gasteiger partial charge in [0, 0.05) is 12.3 Å². The van der Waals surface area contributed by atoms with Crippen LogP contribution in [0.5, 0.6) is 0 Å². The summed E-state index contributed by atoms with van der Waals surface area (Å²) in [6.07, 6.45) is -0.493. The van der Waals surface area contributed by atoms with Gasteiger partial charge in [-0.2, -0.15) is 11.3 Å². The molecular formula is C15H15NO3S. The number of esters is 1. The quantitative estimate of drug-likeness (QED) is 0.861. The van der Waals surface area contributed by atoms with Crippen LogP contribution in [0, 0.1) is 0 Å². The van der Waals surface area contributed by atoms with Crippen LogP contribution in [-0.2, 0) is 9.53 Å². The number of thiophene rings is 1. The van der Waals surface area contributed by atoms with E-state index in [1.807, 2.05) is 35.7 Å². The number of hydrogen-bond acceptors (Lipinski definition) is 4. The lowest BCUT2D eigenvalue weighted by Crippen LogP contribution is -2.28. The molecule has 20 heavy (non-hydrogen) atoms. The van der Waals surface area contributed by atoms with Crippen LogP contribution in [0.3, 0.4) is 0 Å². The molecule has 1 atom stereocenters. The lowest BCUT2D eigenvalue weighted by molar-refractivity contribution is -0.119. The van der Waals surface area contributed by atoms with Crippen molar-refractivity contribution in [2.45, 2.75) is 13.0 Å². The van der Waals surface area contributed by atoms with Crippen LogP contribution in [0.15, 0.2) is 47.2 Å². The maximum atomic E-state index is 12.0. The van der Waals surface area contributed by atoms with E-state index in [0.29, 0.717) is 5.56 Å². The molecule has 5 heteroatoms. The van der Waals surface area contributed by atoms with E-state index in [2.05, 4.69) is 5.32 Å². The molecular weight excluding hydrogens is 274 g/mol. The standard InChI is InChI=1S/C15H15NO3S/c1-11(17)16-9-14(12-5-3-2-4-6-12)19-15(18)13-7-8-20-10-13/h2-8,10,14H,9H2,1H3,(H,16,17)/t14-/m0/s1. The van der Waals surface area contributed by atoms with Crippen molar-refractivity contribution < 1.29 is 14.3 Å². The fourth-order valence-electron chi connectivity index (χ4n) is 1.71. The number of hydrogen-bond donors (Lipinski definition) is 1. The summed E-state index contributed by atoms with van der Waals surface area (Å²) < 4.78 is 5.48. The molecule has 104 valence electrons. The first-order valence-corrected chi connectivity index (χ1v) is 7.13. The van der Waals surface area contributed by atoms with Gasteiger partial charge in [-0.3, -0.25) is 4.79 Å². The third-order valence-corrected chi connectivity index (χ3v) is 3.40. The number of amides is 1. The zero-order valence-electron chi connectivity index (χ0n) is 11.0. The van der Waals surface area contributed by atoms with Gasteiger partial charge in [0.25, 0.3) is 0 Å². The minimum atomic E-state index is -0.493. The van der Waals surface area contributed by atoms with E-state index < -0.39 is 6.10 Å². The minimum Gasteiger partial charge on any atom is -0.452 e. The smallest absolute Gasteiger partial charge is 0.339 e. The molecule has 0 aliphatic rings. The summed E-state index contributed by atoms with van der Waals surface area (Å²) in [5, 5.41) is 6.24. The highest BCUT2D eigenvalue weighted by atomic mass is 32.1. The van der Waals surface area contributed by atoms with Crippen molar-refractivity contribution in [3.8, 4) is 0 Å². The molecule has 0 aliphatic carbocycles. The van der Waals surface area contributed by atoms with Gasteiger partial charge in [-0.25, -0.2) is 4.79 Å².